The second kappa shape index (κ2) is 11.5. The summed E-state index contributed by atoms with van der Waals surface area (Å²) in [6, 6.07) is 22.4. The molecule has 1 saturated heterocycles. The molecule has 0 atom stereocenters. The molecule has 0 aliphatic carbocycles. The molecular formula is C32H37N5O3. The molecule has 1 aromatic heterocycles. The number of fused-ring (bicyclic) bond motifs is 1. The van der Waals surface area contributed by atoms with Crippen molar-refractivity contribution in [3.8, 4) is 17.0 Å². The summed E-state index contributed by atoms with van der Waals surface area (Å²) in [6.45, 7) is 8.66. The van der Waals surface area contributed by atoms with E-state index < -0.39 is 11.6 Å². The minimum Gasteiger partial charge on any atom is -0.497 e. The highest BCUT2D eigenvalue weighted by Gasteiger charge is 2.30. The van der Waals surface area contributed by atoms with Gasteiger partial charge in [-0.15, -0.1) is 0 Å². The number of hydrogen-bond donors (Lipinski definition) is 2. The Labute approximate surface area is 235 Å². The van der Waals surface area contributed by atoms with Gasteiger partial charge in [-0.1, -0.05) is 36.4 Å². The third kappa shape index (κ3) is 6.18. The van der Waals surface area contributed by atoms with Gasteiger partial charge < -0.3 is 15.2 Å². The van der Waals surface area contributed by atoms with Crippen LogP contribution in [0.4, 0.5) is 16.4 Å². The maximum absolute atomic E-state index is 12.4. The first-order valence-electron chi connectivity index (χ1n) is 13.7. The molecule has 1 fully saturated rings. The number of carbonyl (C=O) groups is 1. The van der Waals surface area contributed by atoms with E-state index >= 15 is 0 Å². The molecular weight excluding hydrogens is 502 g/mol. The van der Waals surface area contributed by atoms with E-state index in [4.69, 9.17) is 9.72 Å². The zero-order chi connectivity index (χ0) is 28.3. The predicted octanol–water partition coefficient (Wildman–Crippen LogP) is 6.66. The number of amides is 1. The van der Waals surface area contributed by atoms with E-state index in [-0.39, 0.29) is 0 Å². The molecule has 2 heterocycles. The third-order valence-corrected chi connectivity index (χ3v) is 7.36. The summed E-state index contributed by atoms with van der Waals surface area (Å²) >= 11 is 0. The normalized spacial score (nSPS) is 14.7. The fraction of sp³-hybridized carbons (Fsp3) is 0.344. The van der Waals surface area contributed by atoms with Crippen molar-refractivity contribution in [2.45, 2.75) is 51.7 Å². The highest BCUT2D eigenvalue weighted by molar-refractivity contribution is 6.04. The van der Waals surface area contributed by atoms with Crippen LogP contribution in [-0.2, 0) is 6.54 Å². The number of rotatable bonds is 7. The average Bonchev–Trinajstić information content (AvgIpc) is 2.93. The van der Waals surface area contributed by atoms with Gasteiger partial charge in [-0.25, -0.2) is 14.8 Å². The predicted molar refractivity (Wildman–Crippen MR) is 160 cm³/mol. The second-order valence-electron chi connectivity index (χ2n) is 11.3. The highest BCUT2D eigenvalue weighted by atomic mass is 16.5. The smallest absolute Gasteiger partial charge is 0.412 e. The van der Waals surface area contributed by atoms with Gasteiger partial charge in [0.05, 0.1) is 18.5 Å². The maximum Gasteiger partial charge on any atom is 0.412 e. The van der Waals surface area contributed by atoms with Crippen LogP contribution in [0.2, 0.25) is 0 Å². The molecule has 0 unspecified atom stereocenters. The number of piperidine rings is 1. The summed E-state index contributed by atoms with van der Waals surface area (Å²) in [5.41, 5.74) is 2.83. The topological polar surface area (TPSA) is 90.8 Å². The lowest BCUT2D eigenvalue weighted by atomic mass is 9.98. The molecule has 0 radical (unpaired) electrons. The van der Waals surface area contributed by atoms with Crippen LogP contribution in [0.5, 0.6) is 5.75 Å². The Morgan fingerprint density at radius 3 is 2.50 bits per heavy atom. The number of aromatic nitrogens is 2. The molecule has 1 amide bonds. The van der Waals surface area contributed by atoms with Gasteiger partial charge >= 0.3 is 6.09 Å². The number of benzene rings is 3. The highest BCUT2D eigenvalue weighted by Crippen LogP contribution is 2.38. The van der Waals surface area contributed by atoms with E-state index in [9.17, 15) is 9.90 Å². The van der Waals surface area contributed by atoms with Crippen molar-refractivity contribution in [1.82, 2.24) is 14.9 Å². The van der Waals surface area contributed by atoms with Gasteiger partial charge in [-0.05, 0) is 74.9 Å². The van der Waals surface area contributed by atoms with Gasteiger partial charge in [0.25, 0.3) is 0 Å². The van der Waals surface area contributed by atoms with Crippen molar-refractivity contribution in [3.05, 3.63) is 78.5 Å². The molecule has 0 spiro atoms. The van der Waals surface area contributed by atoms with Crippen molar-refractivity contribution < 1.29 is 14.6 Å². The lowest BCUT2D eigenvalue weighted by molar-refractivity contribution is 0.196. The van der Waals surface area contributed by atoms with Crippen LogP contribution in [0.3, 0.4) is 0 Å². The van der Waals surface area contributed by atoms with Gasteiger partial charge in [-0.2, -0.15) is 0 Å². The lowest BCUT2D eigenvalue weighted by Crippen LogP contribution is -2.45. The van der Waals surface area contributed by atoms with Crippen molar-refractivity contribution in [3.63, 3.8) is 0 Å². The summed E-state index contributed by atoms with van der Waals surface area (Å²) in [5, 5.41) is 15.4. The number of nitrogens with zero attached hydrogens (tertiary/aromatic N) is 4. The van der Waals surface area contributed by atoms with Gasteiger partial charge in [0.2, 0.25) is 5.95 Å². The number of carboxylic acid groups (broad SMARTS) is 1. The van der Waals surface area contributed by atoms with Crippen LogP contribution in [0, 0.1) is 0 Å². The fourth-order valence-electron chi connectivity index (χ4n) is 5.38. The van der Waals surface area contributed by atoms with Gasteiger partial charge in [-0.3, -0.25) is 9.80 Å². The summed E-state index contributed by atoms with van der Waals surface area (Å²) in [5.74, 6) is 1.25. The molecule has 2 N–H and O–H groups in total. The Hall–Kier alpha value is -4.17. The SMILES string of the molecule is COc1ccc2cc(-c3ccnc(NC4CCN(Cc5ccccc5)CC4)n3)cc(N(C(=O)O)C(C)(C)C)c2c1. The van der Waals surface area contributed by atoms with E-state index in [1.807, 2.05) is 57.2 Å². The van der Waals surface area contributed by atoms with Crippen LogP contribution in [0.1, 0.15) is 39.2 Å². The molecule has 0 bridgehead atoms. The van der Waals surface area contributed by atoms with Crippen LogP contribution in [0.15, 0.2) is 72.9 Å². The molecule has 8 nitrogen and oxygen atoms in total. The molecule has 8 heteroatoms. The fourth-order valence-corrected chi connectivity index (χ4v) is 5.38. The standard InChI is InChI=1S/C32H37N5O3/c1-32(2,3)37(31(38)39)29-19-24(18-23-10-11-26(40-4)20-27(23)29)28-12-15-33-30(35-28)34-25-13-16-36(17-14-25)21-22-8-6-5-7-9-22/h5-12,15,18-20,25H,13-14,16-17,21H2,1-4H3,(H,38,39)(H,33,34,35). The average molecular weight is 540 g/mol. The Morgan fingerprint density at radius 1 is 1.07 bits per heavy atom. The van der Waals surface area contributed by atoms with Crippen molar-refractivity contribution in [2.75, 3.05) is 30.4 Å². The molecule has 0 saturated carbocycles. The van der Waals surface area contributed by atoms with E-state index in [1.54, 1.807) is 13.3 Å². The number of nitrogens with one attached hydrogen (secondary N) is 1. The molecule has 40 heavy (non-hydrogen) atoms. The monoisotopic (exact) mass is 539 g/mol. The number of anilines is 2. The minimum absolute atomic E-state index is 0.297. The quantitative estimate of drug-likeness (QED) is 0.271. The number of ether oxygens (including phenoxy) is 1. The first-order chi connectivity index (χ1) is 19.2. The maximum atomic E-state index is 12.4. The molecule has 1 aliphatic rings. The third-order valence-electron chi connectivity index (χ3n) is 7.36. The summed E-state index contributed by atoms with van der Waals surface area (Å²) in [7, 11) is 1.61. The van der Waals surface area contributed by atoms with Crippen molar-refractivity contribution >= 4 is 28.5 Å². The van der Waals surface area contributed by atoms with E-state index in [1.165, 1.54) is 10.5 Å². The van der Waals surface area contributed by atoms with Crippen LogP contribution < -0.4 is 15.0 Å². The minimum atomic E-state index is -1.02. The zero-order valence-corrected chi connectivity index (χ0v) is 23.6. The summed E-state index contributed by atoms with van der Waals surface area (Å²) < 4.78 is 5.44. The Morgan fingerprint density at radius 2 is 1.82 bits per heavy atom. The molecule has 5 rings (SSSR count). The van der Waals surface area contributed by atoms with Gasteiger partial charge in [0, 0.05) is 48.4 Å². The first kappa shape index (κ1) is 27.4. The van der Waals surface area contributed by atoms with Crippen molar-refractivity contribution in [1.29, 1.82) is 0 Å². The summed E-state index contributed by atoms with van der Waals surface area (Å²) in [6.07, 6.45) is 2.77. The Balaban J connectivity index is 1.39. The van der Waals surface area contributed by atoms with Crippen molar-refractivity contribution in [2.24, 2.45) is 0 Å². The van der Waals surface area contributed by atoms with Gasteiger partial charge in [0.1, 0.15) is 5.75 Å². The molecule has 208 valence electrons. The number of hydrogen-bond acceptors (Lipinski definition) is 6. The zero-order valence-electron chi connectivity index (χ0n) is 23.6. The summed E-state index contributed by atoms with van der Waals surface area (Å²) in [4.78, 5) is 25.7. The van der Waals surface area contributed by atoms with Crippen LogP contribution in [-0.4, -0.2) is 57.8 Å². The van der Waals surface area contributed by atoms with Crippen LogP contribution in [0.25, 0.3) is 22.0 Å². The number of methoxy groups -OCH3 is 1. The first-order valence-corrected chi connectivity index (χ1v) is 13.7. The van der Waals surface area contributed by atoms with E-state index in [2.05, 4.69) is 45.5 Å². The number of likely N-dealkylation sites (tertiary alicyclic amines) is 1. The molecule has 3 aromatic carbocycles. The Kier molecular flexibility index (Phi) is 7.89. The Bertz CT molecular complexity index is 1480. The molecule has 1 aliphatic heterocycles. The largest absolute Gasteiger partial charge is 0.497 e. The molecule has 4 aromatic rings. The second-order valence-corrected chi connectivity index (χ2v) is 11.3. The van der Waals surface area contributed by atoms with E-state index in [0.717, 1.165) is 54.5 Å². The van der Waals surface area contributed by atoms with E-state index in [0.29, 0.717) is 23.4 Å². The van der Waals surface area contributed by atoms with Crippen LogP contribution >= 0.6 is 0 Å². The van der Waals surface area contributed by atoms with Gasteiger partial charge in [0.15, 0.2) is 0 Å². The lowest BCUT2D eigenvalue weighted by Gasteiger charge is -2.34.